The van der Waals surface area contributed by atoms with E-state index in [9.17, 15) is 4.79 Å². The number of hydrogen-bond donors (Lipinski definition) is 0. The Morgan fingerprint density at radius 1 is 0.923 bits per heavy atom. The van der Waals surface area contributed by atoms with Crippen LogP contribution in [0.25, 0.3) is 33.6 Å². The van der Waals surface area contributed by atoms with E-state index < -0.39 is 0 Å². The maximum Gasteiger partial charge on any atom is 0.258 e. The molecule has 1 amide bonds. The summed E-state index contributed by atoms with van der Waals surface area (Å²) in [5, 5.41) is 2.16. The lowest BCUT2D eigenvalue weighted by Crippen LogP contribution is -2.25. The van der Waals surface area contributed by atoms with E-state index in [2.05, 4.69) is 12.1 Å². The molecule has 3 nitrogen and oxygen atoms in total. The number of hydrogen-bond acceptors (Lipinski definition) is 2. The Hall–Kier alpha value is -3.33. The molecule has 0 spiro atoms. The zero-order valence-electron chi connectivity index (χ0n) is 14.4. The molecule has 0 bridgehead atoms. The van der Waals surface area contributed by atoms with Crippen LogP contribution in [-0.4, -0.2) is 12.5 Å². The SMILES string of the molecule is CCN1C(=O)C(=Cc2ccc3oc4ccccc4c3c2)c2ccccc21. The summed E-state index contributed by atoms with van der Waals surface area (Å²) in [5.74, 6) is 0.0610. The van der Waals surface area contributed by atoms with Gasteiger partial charge in [-0.3, -0.25) is 4.79 Å². The second-order valence-corrected chi connectivity index (χ2v) is 6.48. The van der Waals surface area contributed by atoms with Crippen LogP contribution in [0.1, 0.15) is 18.1 Å². The highest BCUT2D eigenvalue weighted by Gasteiger charge is 2.30. The van der Waals surface area contributed by atoms with Crippen molar-refractivity contribution < 1.29 is 9.21 Å². The van der Waals surface area contributed by atoms with Gasteiger partial charge in [0, 0.05) is 28.5 Å². The number of nitrogens with zero attached hydrogens (tertiary/aromatic N) is 1. The van der Waals surface area contributed by atoms with Crippen molar-refractivity contribution in [2.75, 3.05) is 11.4 Å². The number of anilines is 1. The van der Waals surface area contributed by atoms with Crippen LogP contribution in [0, 0.1) is 0 Å². The van der Waals surface area contributed by atoms with Gasteiger partial charge < -0.3 is 9.32 Å². The zero-order chi connectivity index (χ0) is 17.7. The number of para-hydroxylation sites is 2. The molecule has 0 unspecified atom stereocenters. The second kappa shape index (κ2) is 5.60. The highest BCUT2D eigenvalue weighted by molar-refractivity contribution is 6.35. The fourth-order valence-electron chi connectivity index (χ4n) is 3.76. The van der Waals surface area contributed by atoms with E-state index in [1.54, 1.807) is 0 Å². The van der Waals surface area contributed by atoms with E-state index in [1.807, 2.05) is 72.5 Å². The fraction of sp³-hybridized carbons (Fsp3) is 0.0870. The van der Waals surface area contributed by atoms with Crippen molar-refractivity contribution in [3.63, 3.8) is 0 Å². The molecule has 0 saturated carbocycles. The number of amides is 1. The van der Waals surface area contributed by atoms with Crippen molar-refractivity contribution >= 4 is 45.2 Å². The number of furan rings is 1. The molecule has 1 aromatic heterocycles. The van der Waals surface area contributed by atoms with Gasteiger partial charge in [-0.2, -0.15) is 0 Å². The highest BCUT2D eigenvalue weighted by Crippen LogP contribution is 2.38. The average molecular weight is 339 g/mol. The van der Waals surface area contributed by atoms with Crippen LogP contribution in [0.4, 0.5) is 5.69 Å². The van der Waals surface area contributed by atoms with Crippen LogP contribution in [0.2, 0.25) is 0 Å². The van der Waals surface area contributed by atoms with Crippen LogP contribution < -0.4 is 4.90 Å². The molecule has 0 aliphatic carbocycles. The molecular formula is C23H17NO2. The Bertz CT molecular complexity index is 1200. The third kappa shape index (κ3) is 2.10. The first kappa shape index (κ1) is 15.0. The number of carbonyl (C=O) groups excluding carboxylic acids is 1. The standard InChI is InChI=1S/C23H17NO2/c1-2-24-20-9-5-3-7-16(20)19(23(24)25)14-15-11-12-22-18(13-15)17-8-4-6-10-21(17)26-22/h3-14H,2H2,1H3. The minimum Gasteiger partial charge on any atom is -0.456 e. The topological polar surface area (TPSA) is 33.5 Å². The summed E-state index contributed by atoms with van der Waals surface area (Å²) in [6.07, 6.45) is 1.98. The Balaban J connectivity index is 1.69. The van der Waals surface area contributed by atoms with E-state index in [0.717, 1.165) is 44.3 Å². The highest BCUT2D eigenvalue weighted by atomic mass is 16.3. The molecule has 3 heteroatoms. The molecule has 0 radical (unpaired) electrons. The lowest BCUT2D eigenvalue weighted by Gasteiger charge is -2.13. The van der Waals surface area contributed by atoms with Crippen LogP contribution in [0.15, 0.2) is 71.1 Å². The number of fused-ring (bicyclic) bond motifs is 4. The van der Waals surface area contributed by atoms with Gasteiger partial charge >= 0.3 is 0 Å². The predicted molar refractivity (Wildman–Crippen MR) is 106 cm³/mol. The first-order valence-electron chi connectivity index (χ1n) is 8.80. The molecule has 5 rings (SSSR count). The number of rotatable bonds is 2. The van der Waals surface area contributed by atoms with Crippen molar-refractivity contribution in [3.8, 4) is 0 Å². The van der Waals surface area contributed by atoms with E-state index in [1.165, 1.54) is 0 Å². The second-order valence-electron chi connectivity index (χ2n) is 6.48. The van der Waals surface area contributed by atoms with Gasteiger partial charge in [0.25, 0.3) is 5.91 Å². The quantitative estimate of drug-likeness (QED) is 0.452. The van der Waals surface area contributed by atoms with E-state index in [0.29, 0.717) is 6.54 Å². The molecule has 1 aliphatic rings. The molecule has 1 aliphatic heterocycles. The lowest BCUT2D eigenvalue weighted by molar-refractivity contribution is -0.112. The zero-order valence-corrected chi connectivity index (χ0v) is 14.4. The summed E-state index contributed by atoms with van der Waals surface area (Å²) in [5.41, 5.74) is 5.47. The Morgan fingerprint density at radius 3 is 2.58 bits per heavy atom. The van der Waals surface area contributed by atoms with Crippen LogP contribution >= 0.6 is 0 Å². The molecule has 4 aromatic rings. The maximum atomic E-state index is 12.9. The molecule has 2 heterocycles. The Labute approximate surface area is 151 Å². The molecule has 0 fully saturated rings. The summed E-state index contributed by atoms with van der Waals surface area (Å²) < 4.78 is 5.89. The van der Waals surface area contributed by atoms with Crippen molar-refractivity contribution in [2.24, 2.45) is 0 Å². The molecular weight excluding hydrogens is 322 g/mol. The molecule has 0 N–H and O–H groups in total. The lowest BCUT2D eigenvalue weighted by atomic mass is 10.0. The van der Waals surface area contributed by atoms with Gasteiger partial charge in [-0.15, -0.1) is 0 Å². The first-order valence-corrected chi connectivity index (χ1v) is 8.80. The average Bonchev–Trinajstić information content (AvgIpc) is 3.17. The number of likely N-dealkylation sites (N-methyl/N-ethyl adjacent to an activating group) is 1. The molecule has 26 heavy (non-hydrogen) atoms. The minimum absolute atomic E-state index is 0.0610. The van der Waals surface area contributed by atoms with Crippen LogP contribution in [0.5, 0.6) is 0 Å². The van der Waals surface area contributed by atoms with Crippen molar-refractivity contribution in [1.29, 1.82) is 0 Å². The van der Waals surface area contributed by atoms with Crippen LogP contribution in [-0.2, 0) is 4.79 Å². The van der Waals surface area contributed by atoms with Crippen molar-refractivity contribution in [3.05, 3.63) is 77.9 Å². The minimum atomic E-state index is 0.0610. The molecule has 3 aromatic carbocycles. The summed E-state index contributed by atoms with van der Waals surface area (Å²) in [6, 6.07) is 22.1. The monoisotopic (exact) mass is 339 g/mol. The summed E-state index contributed by atoms with van der Waals surface area (Å²) >= 11 is 0. The van der Waals surface area contributed by atoms with Gasteiger partial charge in [0.1, 0.15) is 11.2 Å². The largest absolute Gasteiger partial charge is 0.456 e. The summed E-state index contributed by atoms with van der Waals surface area (Å²) in [6.45, 7) is 2.67. The maximum absolute atomic E-state index is 12.9. The summed E-state index contributed by atoms with van der Waals surface area (Å²) in [7, 11) is 0. The van der Waals surface area contributed by atoms with Gasteiger partial charge in [0.15, 0.2) is 0 Å². The van der Waals surface area contributed by atoms with Crippen LogP contribution in [0.3, 0.4) is 0 Å². The normalized spacial score (nSPS) is 15.3. The van der Waals surface area contributed by atoms with Gasteiger partial charge in [-0.25, -0.2) is 0 Å². The van der Waals surface area contributed by atoms with Crippen molar-refractivity contribution in [1.82, 2.24) is 0 Å². The van der Waals surface area contributed by atoms with E-state index in [4.69, 9.17) is 4.42 Å². The fourth-order valence-corrected chi connectivity index (χ4v) is 3.76. The Morgan fingerprint density at radius 2 is 1.69 bits per heavy atom. The predicted octanol–water partition coefficient (Wildman–Crippen LogP) is 5.49. The Kier molecular flexibility index (Phi) is 3.22. The van der Waals surface area contributed by atoms with E-state index in [-0.39, 0.29) is 5.91 Å². The van der Waals surface area contributed by atoms with E-state index >= 15 is 0 Å². The number of benzene rings is 3. The number of carbonyl (C=O) groups is 1. The van der Waals surface area contributed by atoms with Gasteiger partial charge in [0.05, 0.1) is 5.69 Å². The summed E-state index contributed by atoms with van der Waals surface area (Å²) in [4.78, 5) is 14.7. The molecule has 0 saturated heterocycles. The molecule has 0 atom stereocenters. The third-order valence-electron chi connectivity index (χ3n) is 4.99. The van der Waals surface area contributed by atoms with Gasteiger partial charge in [0.2, 0.25) is 0 Å². The first-order chi connectivity index (χ1) is 12.8. The smallest absolute Gasteiger partial charge is 0.258 e. The molecule has 126 valence electrons. The third-order valence-corrected chi connectivity index (χ3v) is 4.99. The van der Waals surface area contributed by atoms with Gasteiger partial charge in [-0.1, -0.05) is 42.5 Å². The van der Waals surface area contributed by atoms with Crippen molar-refractivity contribution in [2.45, 2.75) is 6.92 Å². The van der Waals surface area contributed by atoms with Gasteiger partial charge in [-0.05, 0) is 42.8 Å².